The van der Waals surface area contributed by atoms with Crippen LogP contribution < -0.4 is 9.47 Å². The molecule has 2 aromatic heterocycles. The first kappa shape index (κ1) is 24.0. The number of amides is 1. The summed E-state index contributed by atoms with van der Waals surface area (Å²) in [6.45, 7) is 1.45. The van der Waals surface area contributed by atoms with Gasteiger partial charge in [-0.1, -0.05) is 0 Å². The van der Waals surface area contributed by atoms with Crippen molar-refractivity contribution >= 4 is 27.0 Å². The summed E-state index contributed by atoms with van der Waals surface area (Å²) in [7, 11) is 1.56. The average molecular weight is 488 g/mol. The van der Waals surface area contributed by atoms with Crippen LogP contribution in [0.2, 0.25) is 0 Å². The first-order valence-corrected chi connectivity index (χ1v) is 12.8. The molecule has 3 heterocycles. The van der Waals surface area contributed by atoms with Crippen LogP contribution >= 0.6 is 0 Å². The Morgan fingerprint density at radius 2 is 1.88 bits per heavy atom. The molecule has 0 bridgehead atoms. The summed E-state index contributed by atoms with van der Waals surface area (Å²) in [5.74, 6) is 1.29. The van der Waals surface area contributed by atoms with E-state index in [2.05, 4.69) is 10.1 Å². The van der Waals surface area contributed by atoms with E-state index in [4.69, 9.17) is 9.47 Å². The van der Waals surface area contributed by atoms with E-state index in [1.54, 1.807) is 49.3 Å². The van der Waals surface area contributed by atoms with Gasteiger partial charge in [0.05, 0.1) is 38.8 Å². The predicted octanol–water partition coefficient (Wildman–Crippen LogP) is 1.99. The lowest BCUT2D eigenvalue weighted by Gasteiger charge is -2.35. The molecule has 0 aliphatic carbocycles. The van der Waals surface area contributed by atoms with Crippen molar-refractivity contribution in [3.05, 3.63) is 47.8 Å². The van der Waals surface area contributed by atoms with Crippen LogP contribution in [0.1, 0.15) is 28.8 Å². The highest BCUT2D eigenvalue weighted by Crippen LogP contribution is 2.26. The summed E-state index contributed by atoms with van der Waals surface area (Å²) < 4.78 is 37.5. The Bertz CT molecular complexity index is 1300. The van der Waals surface area contributed by atoms with E-state index >= 15 is 0 Å². The van der Waals surface area contributed by atoms with Gasteiger partial charge in [0, 0.05) is 49.4 Å². The van der Waals surface area contributed by atoms with E-state index in [9.17, 15) is 13.2 Å². The molecule has 1 aliphatic rings. The SMILES string of the molecule is COc1ccc(Cn2ncc3cc(C(=O)N4CCC(N(C)S(C)(=O)=O)CC4)cnc32)c(OC)c1. The standard InChI is InChI=1S/C23H29N5O5S/c1-26(34(4,30)31)19-7-9-27(10-8-19)23(29)18-11-17-14-25-28(22(17)24-13-18)15-16-5-6-20(32-2)12-21(16)33-3/h5-6,11-14,19H,7-10,15H2,1-4H3. The zero-order valence-corrected chi connectivity index (χ0v) is 20.6. The fraction of sp³-hybridized carbons (Fsp3) is 0.435. The molecule has 4 rings (SSSR count). The maximum Gasteiger partial charge on any atom is 0.255 e. The molecule has 1 amide bonds. The van der Waals surface area contributed by atoms with Gasteiger partial charge in [-0.25, -0.2) is 22.4 Å². The number of methoxy groups -OCH3 is 2. The van der Waals surface area contributed by atoms with Gasteiger partial charge in [-0.2, -0.15) is 5.10 Å². The number of ether oxygens (including phenoxy) is 2. The summed E-state index contributed by atoms with van der Waals surface area (Å²) >= 11 is 0. The molecule has 0 radical (unpaired) electrons. The number of nitrogens with zero attached hydrogens (tertiary/aromatic N) is 5. The minimum absolute atomic E-state index is 0.0900. The van der Waals surface area contributed by atoms with Gasteiger partial charge in [0.25, 0.3) is 5.91 Å². The zero-order valence-electron chi connectivity index (χ0n) is 19.8. The van der Waals surface area contributed by atoms with E-state index in [0.29, 0.717) is 55.2 Å². The maximum absolute atomic E-state index is 13.1. The second-order valence-electron chi connectivity index (χ2n) is 8.42. The number of hydrogen-bond acceptors (Lipinski definition) is 7. The number of carbonyl (C=O) groups is 1. The predicted molar refractivity (Wildman–Crippen MR) is 128 cm³/mol. The zero-order chi connectivity index (χ0) is 24.5. The Balaban J connectivity index is 1.48. The van der Waals surface area contributed by atoms with Crippen molar-refractivity contribution in [2.45, 2.75) is 25.4 Å². The molecule has 0 saturated carbocycles. The lowest BCUT2D eigenvalue weighted by molar-refractivity contribution is 0.0686. The van der Waals surface area contributed by atoms with Gasteiger partial charge in [-0.3, -0.25) is 4.79 Å². The van der Waals surface area contributed by atoms with Gasteiger partial charge in [0.15, 0.2) is 5.65 Å². The van der Waals surface area contributed by atoms with Gasteiger partial charge in [0.2, 0.25) is 10.0 Å². The van der Waals surface area contributed by atoms with Crippen LogP contribution in [0.15, 0.2) is 36.7 Å². The summed E-state index contributed by atoms with van der Waals surface area (Å²) in [5.41, 5.74) is 2.09. The Morgan fingerprint density at radius 1 is 1.15 bits per heavy atom. The lowest BCUT2D eigenvalue weighted by atomic mass is 10.0. The molecule has 11 heteroatoms. The van der Waals surface area contributed by atoms with Gasteiger partial charge >= 0.3 is 0 Å². The van der Waals surface area contributed by atoms with Crippen molar-refractivity contribution < 1.29 is 22.7 Å². The first-order valence-electron chi connectivity index (χ1n) is 11.0. The van der Waals surface area contributed by atoms with Crippen molar-refractivity contribution in [3.63, 3.8) is 0 Å². The number of piperidine rings is 1. The summed E-state index contributed by atoms with van der Waals surface area (Å²) in [6, 6.07) is 7.32. The second kappa shape index (κ2) is 9.59. The monoisotopic (exact) mass is 487 g/mol. The van der Waals surface area contributed by atoms with Crippen LogP contribution in [0, 0.1) is 0 Å². The number of hydrogen-bond donors (Lipinski definition) is 0. The summed E-state index contributed by atoms with van der Waals surface area (Å²) in [6.07, 6.45) is 5.68. The molecule has 0 atom stereocenters. The van der Waals surface area contributed by atoms with Crippen molar-refractivity contribution in [1.82, 2.24) is 24.0 Å². The molecule has 182 valence electrons. The minimum atomic E-state index is -3.25. The van der Waals surface area contributed by atoms with Crippen molar-refractivity contribution in [1.29, 1.82) is 0 Å². The van der Waals surface area contributed by atoms with Crippen LogP contribution in [-0.4, -0.2) is 84.9 Å². The van der Waals surface area contributed by atoms with Crippen LogP contribution in [-0.2, 0) is 16.6 Å². The smallest absolute Gasteiger partial charge is 0.255 e. The second-order valence-corrected chi connectivity index (χ2v) is 10.5. The molecule has 3 aromatic rings. The fourth-order valence-electron chi connectivity index (χ4n) is 4.23. The number of fused-ring (bicyclic) bond motifs is 1. The molecular weight excluding hydrogens is 458 g/mol. The lowest BCUT2D eigenvalue weighted by Crippen LogP contribution is -2.47. The third kappa shape index (κ3) is 4.85. The Labute approximate surface area is 199 Å². The molecule has 10 nitrogen and oxygen atoms in total. The quantitative estimate of drug-likeness (QED) is 0.502. The van der Waals surface area contributed by atoms with Crippen LogP contribution in [0.5, 0.6) is 11.5 Å². The van der Waals surface area contributed by atoms with Crippen molar-refractivity contribution in [3.8, 4) is 11.5 Å². The van der Waals surface area contributed by atoms with E-state index < -0.39 is 10.0 Å². The molecule has 34 heavy (non-hydrogen) atoms. The topological polar surface area (TPSA) is 107 Å². The largest absolute Gasteiger partial charge is 0.497 e. The van der Waals surface area contributed by atoms with Gasteiger partial charge in [-0.05, 0) is 31.0 Å². The number of pyridine rings is 1. The van der Waals surface area contributed by atoms with E-state index in [1.807, 2.05) is 18.2 Å². The average Bonchev–Trinajstić information content (AvgIpc) is 3.24. The minimum Gasteiger partial charge on any atom is -0.497 e. The number of rotatable bonds is 7. The molecule has 0 N–H and O–H groups in total. The third-order valence-electron chi connectivity index (χ3n) is 6.33. The summed E-state index contributed by atoms with van der Waals surface area (Å²) in [4.78, 5) is 19.3. The molecule has 1 saturated heterocycles. The maximum atomic E-state index is 13.1. The number of benzene rings is 1. The number of aromatic nitrogens is 3. The highest BCUT2D eigenvalue weighted by molar-refractivity contribution is 7.88. The van der Waals surface area contributed by atoms with E-state index in [-0.39, 0.29) is 11.9 Å². The highest BCUT2D eigenvalue weighted by Gasteiger charge is 2.29. The Kier molecular flexibility index (Phi) is 6.76. The van der Waals surface area contributed by atoms with Crippen LogP contribution in [0.3, 0.4) is 0 Å². The van der Waals surface area contributed by atoms with Gasteiger partial charge < -0.3 is 14.4 Å². The van der Waals surface area contributed by atoms with E-state index in [1.165, 1.54) is 10.6 Å². The first-order chi connectivity index (χ1) is 16.2. The molecule has 0 spiro atoms. The van der Waals surface area contributed by atoms with Crippen molar-refractivity contribution in [2.75, 3.05) is 40.6 Å². The molecular formula is C23H29N5O5S. The highest BCUT2D eigenvalue weighted by atomic mass is 32.2. The third-order valence-corrected chi connectivity index (χ3v) is 7.67. The number of sulfonamides is 1. The van der Waals surface area contributed by atoms with Gasteiger partial charge in [-0.15, -0.1) is 0 Å². The van der Waals surface area contributed by atoms with Crippen LogP contribution in [0.25, 0.3) is 11.0 Å². The molecule has 1 aromatic carbocycles. The molecule has 1 fully saturated rings. The van der Waals surface area contributed by atoms with Crippen molar-refractivity contribution in [2.24, 2.45) is 0 Å². The molecule has 0 unspecified atom stereocenters. The number of likely N-dealkylation sites (tertiary alicyclic amines) is 1. The van der Waals surface area contributed by atoms with Crippen LogP contribution in [0.4, 0.5) is 0 Å². The normalized spacial score (nSPS) is 15.1. The Morgan fingerprint density at radius 3 is 2.53 bits per heavy atom. The fourth-order valence-corrected chi connectivity index (χ4v) is 4.99. The summed E-state index contributed by atoms with van der Waals surface area (Å²) in [5, 5.41) is 5.22. The Hall–Kier alpha value is -3.18. The number of carbonyl (C=O) groups excluding carboxylic acids is 1. The van der Waals surface area contributed by atoms with Gasteiger partial charge in [0.1, 0.15) is 11.5 Å². The molecule has 1 aliphatic heterocycles. The van der Waals surface area contributed by atoms with E-state index in [0.717, 1.165) is 10.9 Å².